The molecule has 1 aromatic carbocycles. The largest absolute Gasteiger partial charge is 0.492 e. The molecule has 0 amide bonds. The predicted molar refractivity (Wildman–Crippen MR) is 182 cm³/mol. The minimum Gasteiger partial charge on any atom is -0.492 e. The van der Waals surface area contributed by atoms with Crippen LogP contribution >= 0.6 is 0 Å². The molecule has 9 nitrogen and oxygen atoms in total. The van der Waals surface area contributed by atoms with Crippen molar-refractivity contribution in [3.05, 3.63) is 78.6 Å². The third-order valence-electron chi connectivity index (χ3n) is 9.62. The fourth-order valence-corrected chi connectivity index (χ4v) is 7.15. The van der Waals surface area contributed by atoms with E-state index in [1.807, 2.05) is 36.8 Å². The molecule has 6 aromatic rings. The van der Waals surface area contributed by atoms with Gasteiger partial charge in [0.25, 0.3) is 0 Å². The summed E-state index contributed by atoms with van der Waals surface area (Å²) in [6, 6.07) is 13.1. The Labute approximate surface area is 273 Å². The van der Waals surface area contributed by atoms with E-state index >= 15 is 0 Å². The van der Waals surface area contributed by atoms with Crippen molar-refractivity contribution in [2.75, 3.05) is 32.8 Å². The van der Waals surface area contributed by atoms with Gasteiger partial charge in [0.05, 0.1) is 23.1 Å². The Balaban J connectivity index is 1.05. The van der Waals surface area contributed by atoms with Crippen LogP contribution in [0.3, 0.4) is 0 Å². The second-order valence-electron chi connectivity index (χ2n) is 12.9. The summed E-state index contributed by atoms with van der Waals surface area (Å²) in [6.07, 6.45) is 15.2. The molecule has 47 heavy (non-hydrogen) atoms. The second-order valence-corrected chi connectivity index (χ2v) is 12.9. The number of halogens is 1. The number of H-pyrrole nitrogens is 2. The van der Waals surface area contributed by atoms with E-state index in [0.717, 1.165) is 94.3 Å². The van der Waals surface area contributed by atoms with E-state index < -0.39 is 0 Å². The van der Waals surface area contributed by atoms with Crippen LogP contribution in [0.2, 0.25) is 0 Å². The van der Waals surface area contributed by atoms with Crippen LogP contribution in [0.4, 0.5) is 4.39 Å². The Morgan fingerprint density at radius 3 is 2.70 bits per heavy atom. The highest BCUT2D eigenvalue weighted by Gasteiger charge is 2.18. The summed E-state index contributed by atoms with van der Waals surface area (Å²) in [5.74, 6) is 0.989. The van der Waals surface area contributed by atoms with E-state index in [1.165, 1.54) is 44.6 Å². The topological polar surface area (TPSA) is 108 Å². The highest BCUT2D eigenvalue weighted by Crippen LogP contribution is 2.35. The number of fused-ring (bicyclic) bond motifs is 2. The summed E-state index contributed by atoms with van der Waals surface area (Å²) in [5.41, 5.74) is 7.65. The van der Waals surface area contributed by atoms with Gasteiger partial charge in [-0.15, -0.1) is 0 Å². The molecular weight excluding hydrogens is 591 g/mol. The van der Waals surface area contributed by atoms with Gasteiger partial charge in [-0.3, -0.25) is 20.0 Å². The summed E-state index contributed by atoms with van der Waals surface area (Å²) in [7, 11) is 0. The molecule has 1 aliphatic carbocycles. The minimum atomic E-state index is -0.333. The van der Waals surface area contributed by atoms with Gasteiger partial charge in [-0.05, 0) is 104 Å². The van der Waals surface area contributed by atoms with Crippen molar-refractivity contribution in [3.8, 4) is 39.5 Å². The van der Waals surface area contributed by atoms with Crippen LogP contribution in [0.1, 0.15) is 44.1 Å². The van der Waals surface area contributed by atoms with Crippen molar-refractivity contribution in [1.82, 2.24) is 40.3 Å². The van der Waals surface area contributed by atoms with Crippen LogP contribution in [0.25, 0.3) is 55.7 Å². The highest BCUT2D eigenvalue weighted by atomic mass is 19.1. The number of aromatic nitrogens is 6. The van der Waals surface area contributed by atoms with E-state index in [0.29, 0.717) is 18.0 Å². The van der Waals surface area contributed by atoms with Gasteiger partial charge in [0.15, 0.2) is 0 Å². The Hall–Kier alpha value is -4.67. The van der Waals surface area contributed by atoms with Gasteiger partial charge in [-0.2, -0.15) is 5.10 Å². The number of rotatable bonds is 11. The third kappa shape index (κ3) is 6.48. The van der Waals surface area contributed by atoms with E-state index in [9.17, 15) is 4.39 Å². The molecule has 6 heterocycles. The number of ether oxygens (including phenoxy) is 1. The SMILES string of the molecule is Fc1cc(OCCN2CCCC2)cc(-c2ccnc3[nH]c(-c4n[nH]c5cnc(-c6cncc(CNCC7CCCC7)c6)cc45)cc23)c1. The van der Waals surface area contributed by atoms with Gasteiger partial charge in [0, 0.05) is 54.1 Å². The lowest BCUT2D eigenvalue weighted by atomic mass is 10.0. The number of benzene rings is 1. The quantitative estimate of drug-likeness (QED) is 0.140. The Bertz CT molecular complexity index is 2010. The highest BCUT2D eigenvalue weighted by molar-refractivity contribution is 6.00. The zero-order chi connectivity index (χ0) is 31.6. The molecule has 1 aliphatic heterocycles. The van der Waals surface area contributed by atoms with Gasteiger partial charge in [0.1, 0.15) is 29.5 Å². The molecule has 1 saturated heterocycles. The first-order valence-electron chi connectivity index (χ1n) is 16.8. The fraction of sp³-hybridized carbons (Fsp3) is 0.351. The lowest BCUT2D eigenvalue weighted by Gasteiger charge is -2.15. The van der Waals surface area contributed by atoms with Crippen molar-refractivity contribution in [3.63, 3.8) is 0 Å². The van der Waals surface area contributed by atoms with Gasteiger partial charge in [-0.25, -0.2) is 9.37 Å². The molecule has 10 heteroatoms. The number of likely N-dealkylation sites (tertiary alicyclic amines) is 1. The summed E-state index contributed by atoms with van der Waals surface area (Å²) in [5, 5.41) is 13.2. The van der Waals surface area contributed by atoms with E-state index in [-0.39, 0.29) is 5.82 Å². The van der Waals surface area contributed by atoms with Gasteiger partial charge in [-0.1, -0.05) is 12.8 Å². The average Bonchev–Trinajstić information content (AvgIpc) is 3.91. The van der Waals surface area contributed by atoms with Crippen molar-refractivity contribution in [1.29, 1.82) is 0 Å². The Morgan fingerprint density at radius 1 is 0.915 bits per heavy atom. The molecular formula is C37H39FN8O. The van der Waals surface area contributed by atoms with Gasteiger partial charge in [0.2, 0.25) is 0 Å². The summed E-state index contributed by atoms with van der Waals surface area (Å²) >= 11 is 0. The maximum atomic E-state index is 14.8. The predicted octanol–water partition coefficient (Wildman–Crippen LogP) is 7.12. The third-order valence-corrected chi connectivity index (χ3v) is 9.62. The van der Waals surface area contributed by atoms with E-state index in [1.54, 1.807) is 12.3 Å². The Morgan fingerprint density at radius 2 is 1.81 bits per heavy atom. The van der Waals surface area contributed by atoms with Gasteiger partial charge >= 0.3 is 0 Å². The molecule has 0 atom stereocenters. The molecule has 3 N–H and O–H groups in total. The standard InChI is InChI=1S/C37H39FN8O/c38-28-14-26(15-29(16-28)47-12-11-46-9-3-4-10-46)30-7-8-41-37-31(30)17-34(43-37)36-32-18-33(42-23-35(32)44-45-36)27-13-25(21-40-22-27)20-39-19-24-5-1-2-6-24/h7-8,13-18,21-24,39H,1-6,9-12,19-20H2,(H,41,43)(H,44,45). The summed E-state index contributed by atoms with van der Waals surface area (Å²) in [4.78, 5) is 19.7. The van der Waals surface area contributed by atoms with Crippen LogP contribution in [-0.2, 0) is 6.54 Å². The zero-order valence-electron chi connectivity index (χ0n) is 26.4. The van der Waals surface area contributed by atoms with E-state index in [2.05, 4.69) is 47.5 Å². The average molecular weight is 631 g/mol. The molecule has 8 rings (SSSR count). The van der Waals surface area contributed by atoms with Crippen molar-refractivity contribution in [2.45, 2.75) is 45.1 Å². The monoisotopic (exact) mass is 630 g/mol. The molecule has 2 fully saturated rings. The van der Waals surface area contributed by atoms with Crippen LogP contribution in [0.15, 0.2) is 67.3 Å². The maximum Gasteiger partial charge on any atom is 0.138 e. The zero-order valence-corrected chi connectivity index (χ0v) is 26.4. The van der Waals surface area contributed by atoms with Crippen LogP contribution in [-0.4, -0.2) is 67.8 Å². The van der Waals surface area contributed by atoms with Crippen molar-refractivity contribution < 1.29 is 9.13 Å². The number of nitrogens with one attached hydrogen (secondary N) is 3. The van der Waals surface area contributed by atoms with Crippen LogP contribution in [0, 0.1) is 11.7 Å². The van der Waals surface area contributed by atoms with Crippen molar-refractivity contribution >= 4 is 21.9 Å². The molecule has 2 aliphatic rings. The molecule has 0 radical (unpaired) electrons. The first kappa shape index (κ1) is 29.7. The first-order chi connectivity index (χ1) is 23.2. The second kappa shape index (κ2) is 13.2. The molecule has 1 saturated carbocycles. The molecule has 240 valence electrons. The normalized spacial score (nSPS) is 15.8. The number of pyridine rings is 3. The Kier molecular flexibility index (Phi) is 8.35. The van der Waals surface area contributed by atoms with Crippen molar-refractivity contribution in [2.24, 2.45) is 5.92 Å². The first-order valence-corrected chi connectivity index (χ1v) is 16.8. The maximum absolute atomic E-state index is 14.8. The number of aromatic amines is 2. The van der Waals surface area contributed by atoms with Gasteiger partial charge < -0.3 is 15.0 Å². The molecule has 0 unspecified atom stereocenters. The lowest BCUT2D eigenvalue weighted by molar-refractivity contribution is 0.237. The van der Waals surface area contributed by atoms with Crippen LogP contribution in [0.5, 0.6) is 5.75 Å². The van der Waals surface area contributed by atoms with Crippen LogP contribution < -0.4 is 10.1 Å². The van der Waals surface area contributed by atoms with E-state index in [4.69, 9.17) is 9.72 Å². The minimum absolute atomic E-state index is 0.333. The number of hydrogen-bond acceptors (Lipinski definition) is 7. The fourth-order valence-electron chi connectivity index (χ4n) is 7.15. The molecule has 5 aromatic heterocycles. The molecule has 0 bridgehead atoms. The number of nitrogens with zero attached hydrogens (tertiary/aromatic N) is 5. The summed E-state index contributed by atoms with van der Waals surface area (Å²) < 4.78 is 20.8. The lowest BCUT2D eigenvalue weighted by Crippen LogP contribution is -2.25. The smallest absolute Gasteiger partial charge is 0.138 e. The summed E-state index contributed by atoms with van der Waals surface area (Å²) in [6.45, 7) is 5.44. The number of hydrogen-bond donors (Lipinski definition) is 3. The molecule has 0 spiro atoms.